The van der Waals surface area contributed by atoms with E-state index in [0.717, 1.165) is 11.3 Å². The topological polar surface area (TPSA) is 38.5 Å². The molecule has 1 atom stereocenters. The van der Waals surface area contributed by atoms with Crippen molar-refractivity contribution in [2.24, 2.45) is 0 Å². The van der Waals surface area contributed by atoms with Gasteiger partial charge in [0, 0.05) is 18.8 Å². The van der Waals surface area contributed by atoms with Crippen LogP contribution in [0.25, 0.3) is 11.3 Å². The SMILES string of the molecule is CN1C=COC1c1ncc(-c2ccccc2)o1. The molecule has 0 aliphatic carbocycles. The summed E-state index contributed by atoms with van der Waals surface area (Å²) >= 11 is 0. The summed E-state index contributed by atoms with van der Waals surface area (Å²) in [7, 11) is 1.92. The van der Waals surface area contributed by atoms with Crippen LogP contribution in [0.3, 0.4) is 0 Å². The van der Waals surface area contributed by atoms with Crippen molar-refractivity contribution in [1.82, 2.24) is 9.88 Å². The third-order valence-corrected chi connectivity index (χ3v) is 2.67. The zero-order valence-corrected chi connectivity index (χ0v) is 9.41. The smallest absolute Gasteiger partial charge is 0.258 e. The van der Waals surface area contributed by atoms with E-state index in [1.54, 1.807) is 12.5 Å². The van der Waals surface area contributed by atoms with Gasteiger partial charge in [-0.1, -0.05) is 30.3 Å². The zero-order valence-electron chi connectivity index (χ0n) is 9.41. The fourth-order valence-corrected chi connectivity index (χ4v) is 1.75. The van der Waals surface area contributed by atoms with Crippen molar-refractivity contribution >= 4 is 0 Å². The van der Waals surface area contributed by atoms with Gasteiger partial charge < -0.3 is 14.1 Å². The molecule has 4 nitrogen and oxygen atoms in total. The molecule has 1 unspecified atom stereocenters. The van der Waals surface area contributed by atoms with Crippen molar-refractivity contribution in [3.8, 4) is 11.3 Å². The summed E-state index contributed by atoms with van der Waals surface area (Å²) in [6.45, 7) is 0. The van der Waals surface area contributed by atoms with Gasteiger partial charge in [-0.25, -0.2) is 4.98 Å². The number of aromatic nitrogens is 1. The second kappa shape index (κ2) is 3.97. The first-order valence-electron chi connectivity index (χ1n) is 5.40. The van der Waals surface area contributed by atoms with Crippen molar-refractivity contribution < 1.29 is 9.15 Å². The lowest BCUT2D eigenvalue weighted by Crippen LogP contribution is -2.15. The molecular weight excluding hydrogens is 216 g/mol. The fraction of sp³-hybridized carbons (Fsp3) is 0.154. The molecule has 0 amide bonds. The predicted molar refractivity (Wildman–Crippen MR) is 62.7 cm³/mol. The van der Waals surface area contributed by atoms with E-state index >= 15 is 0 Å². The molecule has 0 fully saturated rings. The molecule has 2 heterocycles. The maximum atomic E-state index is 5.71. The van der Waals surface area contributed by atoms with Gasteiger partial charge in [0.15, 0.2) is 5.76 Å². The Labute approximate surface area is 99.1 Å². The standard InChI is InChI=1S/C13H12N2O2/c1-15-7-8-16-13(15)12-14-9-11(17-12)10-5-3-2-4-6-10/h2-9,13H,1H3. The average molecular weight is 228 g/mol. The number of ether oxygens (including phenoxy) is 1. The molecule has 17 heavy (non-hydrogen) atoms. The van der Waals surface area contributed by atoms with Crippen LogP contribution in [0.2, 0.25) is 0 Å². The van der Waals surface area contributed by atoms with E-state index in [2.05, 4.69) is 4.98 Å². The zero-order chi connectivity index (χ0) is 11.7. The van der Waals surface area contributed by atoms with E-state index in [9.17, 15) is 0 Å². The summed E-state index contributed by atoms with van der Waals surface area (Å²) in [5.74, 6) is 1.32. The number of oxazole rings is 1. The van der Waals surface area contributed by atoms with Crippen molar-refractivity contribution in [2.45, 2.75) is 6.23 Å². The Morgan fingerprint density at radius 3 is 2.76 bits per heavy atom. The van der Waals surface area contributed by atoms with E-state index in [1.807, 2.05) is 48.5 Å². The van der Waals surface area contributed by atoms with Crippen molar-refractivity contribution in [2.75, 3.05) is 7.05 Å². The molecule has 0 radical (unpaired) electrons. The van der Waals surface area contributed by atoms with Crippen molar-refractivity contribution in [3.63, 3.8) is 0 Å². The Hall–Kier alpha value is -2.23. The Morgan fingerprint density at radius 1 is 1.24 bits per heavy atom. The van der Waals surface area contributed by atoms with Gasteiger partial charge in [0.2, 0.25) is 6.23 Å². The minimum atomic E-state index is -0.257. The molecule has 1 aromatic heterocycles. The normalized spacial score (nSPS) is 18.4. The van der Waals surface area contributed by atoms with Crippen LogP contribution in [-0.4, -0.2) is 16.9 Å². The highest BCUT2D eigenvalue weighted by Gasteiger charge is 2.24. The van der Waals surface area contributed by atoms with Gasteiger partial charge in [-0.05, 0) is 0 Å². The summed E-state index contributed by atoms with van der Waals surface area (Å²) < 4.78 is 11.1. The van der Waals surface area contributed by atoms with Crippen molar-refractivity contribution in [1.29, 1.82) is 0 Å². The van der Waals surface area contributed by atoms with Crippen LogP contribution in [0.1, 0.15) is 12.1 Å². The third-order valence-electron chi connectivity index (χ3n) is 2.67. The highest BCUT2D eigenvalue weighted by molar-refractivity contribution is 5.55. The number of nitrogens with zero attached hydrogens (tertiary/aromatic N) is 2. The molecule has 4 heteroatoms. The Bertz CT molecular complexity index is 533. The van der Waals surface area contributed by atoms with Gasteiger partial charge in [0.05, 0.1) is 6.20 Å². The highest BCUT2D eigenvalue weighted by Crippen LogP contribution is 2.28. The molecule has 1 aliphatic heterocycles. The Balaban J connectivity index is 1.89. The maximum absolute atomic E-state index is 5.71. The van der Waals surface area contributed by atoms with E-state index in [0.29, 0.717) is 5.89 Å². The molecule has 0 N–H and O–H groups in total. The van der Waals surface area contributed by atoms with E-state index in [-0.39, 0.29) is 6.23 Å². The molecule has 1 aliphatic rings. The van der Waals surface area contributed by atoms with Crippen LogP contribution >= 0.6 is 0 Å². The molecular formula is C13H12N2O2. The summed E-state index contributed by atoms with van der Waals surface area (Å²) in [6.07, 6.45) is 4.95. The van der Waals surface area contributed by atoms with Gasteiger partial charge >= 0.3 is 0 Å². The van der Waals surface area contributed by atoms with Crippen LogP contribution in [0.4, 0.5) is 0 Å². The molecule has 86 valence electrons. The lowest BCUT2D eigenvalue weighted by atomic mass is 10.2. The lowest BCUT2D eigenvalue weighted by Gasteiger charge is -2.15. The molecule has 0 saturated carbocycles. The number of benzene rings is 1. The first-order chi connectivity index (χ1) is 8.34. The lowest BCUT2D eigenvalue weighted by molar-refractivity contribution is 0.0482. The molecule has 1 aromatic carbocycles. The van der Waals surface area contributed by atoms with Crippen LogP contribution in [-0.2, 0) is 4.74 Å². The third kappa shape index (κ3) is 1.78. The van der Waals surface area contributed by atoms with Crippen LogP contribution in [0, 0.1) is 0 Å². The fourth-order valence-electron chi connectivity index (χ4n) is 1.75. The van der Waals surface area contributed by atoms with Gasteiger partial charge in [-0.15, -0.1) is 0 Å². The molecule has 0 saturated heterocycles. The predicted octanol–water partition coefficient (Wildman–Crippen LogP) is 2.77. The van der Waals surface area contributed by atoms with Gasteiger partial charge in [0.1, 0.15) is 6.26 Å². The summed E-state index contributed by atoms with van der Waals surface area (Å²) in [6, 6.07) is 9.89. The molecule has 0 spiro atoms. The molecule has 3 rings (SSSR count). The van der Waals surface area contributed by atoms with E-state index in [1.165, 1.54) is 0 Å². The largest absolute Gasteiger partial charge is 0.467 e. The van der Waals surface area contributed by atoms with Crippen LogP contribution in [0.5, 0.6) is 0 Å². The first-order valence-corrected chi connectivity index (χ1v) is 5.40. The quantitative estimate of drug-likeness (QED) is 0.792. The first kappa shape index (κ1) is 9.96. The van der Waals surface area contributed by atoms with Gasteiger partial charge in [-0.3, -0.25) is 0 Å². The highest BCUT2D eigenvalue weighted by atomic mass is 16.5. The van der Waals surface area contributed by atoms with Gasteiger partial charge in [-0.2, -0.15) is 0 Å². The maximum Gasteiger partial charge on any atom is 0.258 e. The monoisotopic (exact) mass is 228 g/mol. The van der Waals surface area contributed by atoms with E-state index < -0.39 is 0 Å². The van der Waals surface area contributed by atoms with Crippen LogP contribution < -0.4 is 0 Å². The van der Waals surface area contributed by atoms with Gasteiger partial charge in [0.25, 0.3) is 5.89 Å². The van der Waals surface area contributed by atoms with Crippen LogP contribution in [0.15, 0.2) is 53.4 Å². The minimum absolute atomic E-state index is 0.257. The number of rotatable bonds is 2. The Kier molecular flexibility index (Phi) is 2.33. The van der Waals surface area contributed by atoms with E-state index in [4.69, 9.17) is 9.15 Å². The second-order valence-corrected chi connectivity index (χ2v) is 3.87. The Morgan fingerprint density at radius 2 is 2.06 bits per heavy atom. The summed E-state index contributed by atoms with van der Waals surface area (Å²) in [4.78, 5) is 6.16. The minimum Gasteiger partial charge on any atom is -0.467 e. The molecule has 2 aromatic rings. The number of hydrogen-bond donors (Lipinski definition) is 0. The summed E-state index contributed by atoms with van der Waals surface area (Å²) in [5.41, 5.74) is 1.01. The van der Waals surface area contributed by atoms with Crippen molar-refractivity contribution in [3.05, 3.63) is 54.9 Å². The second-order valence-electron chi connectivity index (χ2n) is 3.87. The molecule has 0 bridgehead atoms. The average Bonchev–Trinajstić information content (AvgIpc) is 2.98. The number of hydrogen-bond acceptors (Lipinski definition) is 4. The summed E-state index contributed by atoms with van der Waals surface area (Å²) in [5, 5.41) is 0.